The van der Waals surface area contributed by atoms with E-state index in [1.807, 2.05) is 0 Å². The molecule has 0 saturated carbocycles. The van der Waals surface area contributed by atoms with E-state index in [1.54, 1.807) is 6.07 Å². The highest BCUT2D eigenvalue weighted by Crippen LogP contribution is 2.23. The predicted molar refractivity (Wildman–Crippen MR) is 53.0 cm³/mol. The fraction of sp³-hybridized carbons (Fsp3) is 0.111. The molecule has 0 heterocycles. The monoisotopic (exact) mass is 194 g/mol. The van der Waals surface area contributed by atoms with Crippen molar-refractivity contribution in [1.29, 1.82) is 0 Å². The number of nitrogens with zero attached hydrogens (tertiary/aromatic N) is 1. The molecule has 0 aromatic heterocycles. The lowest BCUT2D eigenvalue weighted by Crippen LogP contribution is -1.97. The van der Waals surface area contributed by atoms with E-state index in [-0.39, 0.29) is 23.6 Å². The zero-order chi connectivity index (χ0) is 10.7. The Labute approximate surface area is 80.6 Å². The van der Waals surface area contributed by atoms with Crippen molar-refractivity contribution in [2.24, 2.45) is 0 Å². The number of nitrogen functional groups attached to an aromatic ring is 1. The summed E-state index contributed by atoms with van der Waals surface area (Å²) in [5, 5.41) is 19.4. The molecule has 5 heteroatoms. The van der Waals surface area contributed by atoms with Crippen molar-refractivity contribution in [3.8, 4) is 0 Å². The number of aliphatic hydroxyl groups excluding tert-OH is 1. The molecule has 5 nitrogen and oxygen atoms in total. The fourth-order valence-electron chi connectivity index (χ4n) is 1.09. The van der Waals surface area contributed by atoms with E-state index in [9.17, 15) is 10.1 Å². The molecular formula is C9H10N2O3. The first-order valence-electron chi connectivity index (χ1n) is 3.90. The zero-order valence-corrected chi connectivity index (χ0v) is 7.43. The summed E-state index contributed by atoms with van der Waals surface area (Å²) in [5.74, 6) is -0.0379. The lowest BCUT2D eigenvalue weighted by Gasteiger charge is -2.01. The van der Waals surface area contributed by atoms with Gasteiger partial charge >= 0.3 is 0 Å². The first-order chi connectivity index (χ1) is 6.50. The second kappa shape index (κ2) is 3.78. The smallest absolute Gasteiger partial charge is 0.292 e. The van der Waals surface area contributed by atoms with Crippen LogP contribution in [0, 0.1) is 10.1 Å². The molecule has 0 fully saturated rings. The van der Waals surface area contributed by atoms with Crippen LogP contribution in [0.3, 0.4) is 0 Å². The minimum Gasteiger partial charge on any atom is -0.513 e. The van der Waals surface area contributed by atoms with E-state index in [1.165, 1.54) is 12.1 Å². The van der Waals surface area contributed by atoms with Gasteiger partial charge in [-0.1, -0.05) is 12.6 Å². The molecule has 0 saturated heterocycles. The molecule has 0 unspecified atom stereocenters. The highest BCUT2D eigenvalue weighted by Gasteiger charge is 2.11. The molecule has 1 aromatic rings. The van der Waals surface area contributed by atoms with Gasteiger partial charge in [0.25, 0.3) is 5.69 Å². The molecule has 14 heavy (non-hydrogen) atoms. The number of nitro groups is 1. The summed E-state index contributed by atoms with van der Waals surface area (Å²) in [7, 11) is 0. The van der Waals surface area contributed by atoms with Crippen molar-refractivity contribution >= 4 is 11.4 Å². The van der Waals surface area contributed by atoms with Crippen LogP contribution in [-0.4, -0.2) is 10.0 Å². The summed E-state index contributed by atoms with van der Waals surface area (Å²) in [4.78, 5) is 9.94. The number of rotatable bonds is 3. The van der Waals surface area contributed by atoms with Gasteiger partial charge in [-0.2, -0.15) is 0 Å². The van der Waals surface area contributed by atoms with E-state index in [4.69, 9.17) is 10.8 Å². The molecular weight excluding hydrogens is 184 g/mol. The van der Waals surface area contributed by atoms with Gasteiger partial charge in [0.1, 0.15) is 5.69 Å². The SMILES string of the molecule is C=C(O)Cc1ccc(N)c([N+](=O)[O-])c1. The summed E-state index contributed by atoms with van der Waals surface area (Å²) in [6, 6.07) is 4.39. The first kappa shape index (κ1) is 10.0. The second-order valence-electron chi connectivity index (χ2n) is 2.89. The Bertz CT molecular complexity index is 388. The topological polar surface area (TPSA) is 89.4 Å². The molecule has 0 aliphatic heterocycles. The Balaban J connectivity index is 3.06. The van der Waals surface area contributed by atoms with E-state index in [2.05, 4.69) is 6.58 Å². The molecule has 0 radical (unpaired) electrons. The number of aliphatic hydroxyl groups is 1. The second-order valence-corrected chi connectivity index (χ2v) is 2.89. The third kappa shape index (κ3) is 2.22. The van der Waals surface area contributed by atoms with E-state index >= 15 is 0 Å². The molecule has 1 rings (SSSR count). The maximum Gasteiger partial charge on any atom is 0.292 e. The average molecular weight is 194 g/mol. The van der Waals surface area contributed by atoms with Gasteiger partial charge in [-0.05, 0) is 11.6 Å². The van der Waals surface area contributed by atoms with Crippen LogP contribution in [0.2, 0.25) is 0 Å². The lowest BCUT2D eigenvalue weighted by molar-refractivity contribution is -0.383. The number of nitrogens with two attached hydrogens (primary N) is 1. The normalized spacial score (nSPS) is 9.71. The molecule has 3 N–H and O–H groups in total. The van der Waals surface area contributed by atoms with Crippen LogP contribution in [0.1, 0.15) is 5.56 Å². The summed E-state index contributed by atoms with van der Waals surface area (Å²) >= 11 is 0. The molecule has 0 atom stereocenters. The third-order valence-corrected chi connectivity index (χ3v) is 1.70. The summed E-state index contributed by atoms with van der Waals surface area (Å²) in [6.45, 7) is 3.30. The molecule has 0 amide bonds. The van der Waals surface area contributed by atoms with Crippen LogP contribution in [0.25, 0.3) is 0 Å². The zero-order valence-electron chi connectivity index (χ0n) is 7.43. The van der Waals surface area contributed by atoms with Crippen LogP contribution < -0.4 is 5.73 Å². The number of anilines is 1. The van der Waals surface area contributed by atoms with Gasteiger partial charge in [-0.15, -0.1) is 0 Å². The van der Waals surface area contributed by atoms with E-state index < -0.39 is 4.92 Å². The van der Waals surface area contributed by atoms with Crippen molar-refractivity contribution < 1.29 is 10.0 Å². The Kier molecular flexibility index (Phi) is 2.71. The molecule has 0 bridgehead atoms. The van der Waals surface area contributed by atoms with Crippen molar-refractivity contribution in [3.63, 3.8) is 0 Å². The number of nitro benzene ring substituents is 1. The van der Waals surface area contributed by atoms with Crippen LogP contribution in [0.4, 0.5) is 11.4 Å². The standard InChI is InChI=1S/C9H10N2O3/c1-6(12)4-7-2-3-8(10)9(5-7)11(13)14/h2-3,5,12H,1,4,10H2. The summed E-state index contributed by atoms with van der Waals surface area (Å²) < 4.78 is 0. The van der Waals surface area contributed by atoms with Crippen LogP contribution in [0.15, 0.2) is 30.5 Å². The number of hydrogen-bond donors (Lipinski definition) is 2. The molecule has 0 spiro atoms. The Morgan fingerprint density at radius 3 is 2.79 bits per heavy atom. The van der Waals surface area contributed by atoms with Gasteiger partial charge in [0.05, 0.1) is 10.7 Å². The van der Waals surface area contributed by atoms with Crippen LogP contribution >= 0.6 is 0 Å². The largest absolute Gasteiger partial charge is 0.513 e. The Morgan fingerprint density at radius 2 is 2.29 bits per heavy atom. The number of allylic oxidation sites excluding steroid dienone is 1. The lowest BCUT2D eigenvalue weighted by atomic mass is 10.1. The Hall–Kier alpha value is -2.04. The highest BCUT2D eigenvalue weighted by molar-refractivity contribution is 5.59. The minimum absolute atomic E-state index is 0.0379. The van der Waals surface area contributed by atoms with Crippen molar-refractivity contribution in [2.75, 3.05) is 5.73 Å². The number of hydrogen-bond acceptors (Lipinski definition) is 4. The predicted octanol–water partition coefficient (Wildman–Crippen LogP) is 1.79. The first-order valence-corrected chi connectivity index (χ1v) is 3.90. The molecule has 0 aliphatic rings. The molecule has 1 aromatic carbocycles. The molecule has 74 valence electrons. The summed E-state index contributed by atoms with van der Waals surface area (Å²) in [6.07, 6.45) is 0.196. The van der Waals surface area contributed by atoms with Crippen molar-refractivity contribution in [3.05, 3.63) is 46.2 Å². The highest BCUT2D eigenvalue weighted by atomic mass is 16.6. The van der Waals surface area contributed by atoms with Gasteiger partial charge in [-0.3, -0.25) is 10.1 Å². The van der Waals surface area contributed by atoms with Gasteiger partial charge in [0.2, 0.25) is 0 Å². The maximum atomic E-state index is 10.5. The van der Waals surface area contributed by atoms with Gasteiger partial charge in [0, 0.05) is 12.5 Å². The van der Waals surface area contributed by atoms with E-state index in [0.717, 1.165) is 0 Å². The third-order valence-electron chi connectivity index (χ3n) is 1.70. The fourth-order valence-corrected chi connectivity index (χ4v) is 1.09. The number of benzene rings is 1. The maximum absolute atomic E-state index is 10.5. The average Bonchev–Trinajstić information content (AvgIpc) is 2.07. The van der Waals surface area contributed by atoms with Gasteiger partial charge < -0.3 is 10.8 Å². The van der Waals surface area contributed by atoms with Gasteiger partial charge in [0.15, 0.2) is 0 Å². The van der Waals surface area contributed by atoms with Crippen LogP contribution in [-0.2, 0) is 6.42 Å². The van der Waals surface area contributed by atoms with Crippen molar-refractivity contribution in [2.45, 2.75) is 6.42 Å². The van der Waals surface area contributed by atoms with Crippen LogP contribution in [0.5, 0.6) is 0 Å². The molecule has 0 aliphatic carbocycles. The Morgan fingerprint density at radius 1 is 1.64 bits per heavy atom. The minimum atomic E-state index is -0.557. The van der Waals surface area contributed by atoms with Gasteiger partial charge in [-0.25, -0.2) is 0 Å². The quantitative estimate of drug-likeness (QED) is 0.332. The van der Waals surface area contributed by atoms with E-state index in [0.29, 0.717) is 5.56 Å². The van der Waals surface area contributed by atoms with Crippen molar-refractivity contribution in [1.82, 2.24) is 0 Å². The summed E-state index contributed by atoms with van der Waals surface area (Å²) in [5.41, 5.74) is 5.97.